The van der Waals surface area contributed by atoms with Gasteiger partial charge in [0, 0.05) is 18.3 Å². The van der Waals surface area contributed by atoms with E-state index in [-0.39, 0.29) is 17.9 Å². The fraction of sp³-hybridized carbons (Fsp3) is 0.286. The molecule has 0 N–H and O–H groups in total. The molecular formula is C14H13N3O5. The predicted molar refractivity (Wildman–Crippen MR) is 74.5 cm³/mol. The van der Waals surface area contributed by atoms with Crippen LogP contribution in [0.25, 0.3) is 0 Å². The van der Waals surface area contributed by atoms with E-state index in [1.165, 1.54) is 30.2 Å². The van der Waals surface area contributed by atoms with Crippen LogP contribution in [-0.2, 0) is 17.8 Å². The smallest absolute Gasteiger partial charge is 0.374 e. The van der Waals surface area contributed by atoms with Crippen molar-refractivity contribution in [2.45, 2.75) is 20.0 Å². The maximum atomic E-state index is 12.2. The zero-order valence-electron chi connectivity index (χ0n) is 12.0. The molecule has 0 aromatic carbocycles. The molecule has 0 aliphatic heterocycles. The maximum Gasteiger partial charge on any atom is 0.374 e. The fourth-order valence-electron chi connectivity index (χ4n) is 2.00. The summed E-state index contributed by atoms with van der Waals surface area (Å²) >= 11 is 0. The van der Waals surface area contributed by atoms with E-state index >= 15 is 0 Å². The molecule has 2 heterocycles. The number of nitriles is 1. The predicted octanol–water partition coefficient (Wildman–Crippen LogP) is 0.329. The monoisotopic (exact) mass is 303 g/mol. The molecule has 2 aromatic rings. The molecule has 114 valence electrons. The first-order chi connectivity index (χ1) is 10.5. The Morgan fingerprint density at radius 1 is 1.45 bits per heavy atom. The van der Waals surface area contributed by atoms with Crippen LogP contribution in [0.15, 0.2) is 32.5 Å². The SMILES string of the molecule is CCn1cc(C#N)c(=O)n(Cc2ccoc2C(=O)OC)c1=O. The summed E-state index contributed by atoms with van der Waals surface area (Å²) in [5, 5.41) is 8.99. The van der Waals surface area contributed by atoms with Gasteiger partial charge >= 0.3 is 11.7 Å². The highest BCUT2D eigenvalue weighted by atomic mass is 16.5. The first kappa shape index (κ1) is 15.3. The molecule has 8 heteroatoms. The second-order valence-corrected chi connectivity index (χ2v) is 4.38. The summed E-state index contributed by atoms with van der Waals surface area (Å²) in [6, 6.07) is 3.22. The molecule has 0 bridgehead atoms. The van der Waals surface area contributed by atoms with E-state index in [1.54, 1.807) is 13.0 Å². The van der Waals surface area contributed by atoms with Gasteiger partial charge in [-0.1, -0.05) is 0 Å². The molecule has 0 amide bonds. The van der Waals surface area contributed by atoms with Crippen LogP contribution in [0.3, 0.4) is 0 Å². The number of carbonyl (C=O) groups excluding carboxylic acids is 1. The molecule has 0 unspecified atom stereocenters. The third kappa shape index (κ3) is 2.56. The summed E-state index contributed by atoms with van der Waals surface area (Å²) < 4.78 is 11.7. The van der Waals surface area contributed by atoms with Crippen molar-refractivity contribution < 1.29 is 13.9 Å². The molecule has 8 nitrogen and oxygen atoms in total. The molecule has 0 aliphatic carbocycles. The quantitative estimate of drug-likeness (QED) is 0.753. The molecule has 2 aromatic heterocycles. The highest BCUT2D eigenvalue weighted by Gasteiger charge is 2.19. The molecule has 0 saturated carbocycles. The third-order valence-corrected chi connectivity index (χ3v) is 3.14. The van der Waals surface area contributed by atoms with E-state index in [9.17, 15) is 14.4 Å². The van der Waals surface area contributed by atoms with E-state index < -0.39 is 17.2 Å². The molecular weight excluding hydrogens is 290 g/mol. The lowest BCUT2D eigenvalue weighted by atomic mass is 10.2. The van der Waals surface area contributed by atoms with Crippen LogP contribution in [0, 0.1) is 11.3 Å². The van der Waals surface area contributed by atoms with Gasteiger partial charge in [-0.05, 0) is 13.0 Å². The van der Waals surface area contributed by atoms with Gasteiger partial charge in [0.15, 0.2) is 0 Å². The number of ether oxygens (including phenoxy) is 1. The van der Waals surface area contributed by atoms with Crippen LogP contribution in [0.4, 0.5) is 0 Å². The number of furan rings is 1. The van der Waals surface area contributed by atoms with Crippen molar-refractivity contribution >= 4 is 5.97 Å². The number of rotatable bonds is 4. The van der Waals surface area contributed by atoms with E-state index in [0.717, 1.165) is 4.57 Å². The Labute approximate surface area is 124 Å². The highest BCUT2D eigenvalue weighted by molar-refractivity contribution is 5.87. The van der Waals surface area contributed by atoms with Crippen molar-refractivity contribution in [1.29, 1.82) is 5.26 Å². The molecule has 2 rings (SSSR count). The molecule has 0 saturated heterocycles. The minimum atomic E-state index is -0.714. The van der Waals surface area contributed by atoms with Gasteiger partial charge in [-0.2, -0.15) is 5.26 Å². The van der Waals surface area contributed by atoms with E-state index in [4.69, 9.17) is 9.68 Å². The Bertz CT molecular complexity index is 866. The van der Waals surface area contributed by atoms with Crippen LogP contribution < -0.4 is 11.2 Å². The van der Waals surface area contributed by atoms with Gasteiger partial charge in [0.1, 0.15) is 11.6 Å². The third-order valence-electron chi connectivity index (χ3n) is 3.14. The lowest BCUT2D eigenvalue weighted by Gasteiger charge is -2.09. The van der Waals surface area contributed by atoms with Crippen molar-refractivity contribution in [3.63, 3.8) is 0 Å². The number of aromatic nitrogens is 2. The topological polar surface area (TPSA) is 107 Å². The van der Waals surface area contributed by atoms with Gasteiger partial charge < -0.3 is 9.15 Å². The minimum absolute atomic E-state index is 0.0841. The number of esters is 1. The zero-order chi connectivity index (χ0) is 16.3. The molecule has 22 heavy (non-hydrogen) atoms. The number of aryl methyl sites for hydroxylation is 1. The zero-order valence-corrected chi connectivity index (χ0v) is 12.0. The van der Waals surface area contributed by atoms with Gasteiger partial charge in [-0.25, -0.2) is 9.59 Å². The minimum Gasteiger partial charge on any atom is -0.463 e. The summed E-state index contributed by atoms with van der Waals surface area (Å²) in [4.78, 5) is 35.9. The Balaban J connectivity index is 2.58. The second kappa shape index (κ2) is 6.13. The van der Waals surface area contributed by atoms with Crippen molar-refractivity contribution in [2.75, 3.05) is 7.11 Å². The van der Waals surface area contributed by atoms with E-state index in [0.29, 0.717) is 12.1 Å². The number of methoxy groups -OCH3 is 1. The van der Waals surface area contributed by atoms with Crippen LogP contribution >= 0.6 is 0 Å². The number of nitrogens with zero attached hydrogens (tertiary/aromatic N) is 3. The van der Waals surface area contributed by atoms with Gasteiger partial charge in [0.05, 0.1) is 19.9 Å². The normalized spacial score (nSPS) is 10.2. The summed E-state index contributed by atoms with van der Waals surface area (Å²) in [6.45, 7) is 1.84. The average molecular weight is 303 g/mol. The van der Waals surface area contributed by atoms with Gasteiger partial charge in [0.2, 0.25) is 5.76 Å². The Morgan fingerprint density at radius 2 is 2.18 bits per heavy atom. The van der Waals surface area contributed by atoms with Gasteiger partial charge in [-0.3, -0.25) is 13.9 Å². The first-order valence-electron chi connectivity index (χ1n) is 6.42. The second-order valence-electron chi connectivity index (χ2n) is 4.38. The van der Waals surface area contributed by atoms with Crippen molar-refractivity contribution in [2.24, 2.45) is 0 Å². The van der Waals surface area contributed by atoms with E-state index in [2.05, 4.69) is 4.74 Å². The molecule has 0 atom stereocenters. The van der Waals surface area contributed by atoms with Gasteiger partial charge in [-0.15, -0.1) is 0 Å². The number of hydrogen-bond donors (Lipinski definition) is 0. The summed E-state index contributed by atoms with van der Waals surface area (Å²) in [7, 11) is 1.20. The van der Waals surface area contributed by atoms with Crippen molar-refractivity contribution in [3.8, 4) is 6.07 Å². The standard InChI is InChI=1S/C14H13N3O5/c1-3-16-7-10(6-15)12(18)17(14(16)20)8-9-4-5-22-11(9)13(19)21-2/h4-5,7H,3,8H2,1-2H3. The summed E-state index contributed by atoms with van der Waals surface area (Å²) in [5.74, 6) is -0.792. The lowest BCUT2D eigenvalue weighted by Crippen LogP contribution is -2.41. The van der Waals surface area contributed by atoms with Crippen LogP contribution in [0.5, 0.6) is 0 Å². The van der Waals surface area contributed by atoms with Crippen LogP contribution in [-0.4, -0.2) is 22.2 Å². The van der Waals surface area contributed by atoms with Crippen LogP contribution in [0.1, 0.15) is 28.6 Å². The lowest BCUT2D eigenvalue weighted by molar-refractivity contribution is 0.0563. The highest BCUT2D eigenvalue weighted by Crippen LogP contribution is 2.12. The number of carbonyl (C=O) groups is 1. The van der Waals surface area contributed by atoms with Crippen molar-refractivity contribution in [1.82, 2.24) is 9.13 Å². The van der Waals surface area contributed by atoms with E-state index in [1.807, 2.05) is 0 Å². The first-order valence-corrected chi connectivity index (χ1v) is 6.42. The Kier molecular flexibility index (Phi) is 4.27. The molecule has 0 aliphatic rings. The molecule has 0 radical (unpaired) electrons. The number of hydrogen-bond acceptors (Lipinski definition) is 6. The molecule has 0 fully saturated rings. The largest absolute Gasteiger partial charge is 0.463 e. The molecule has 0 spiro atoms. The van der Waals surface area contributed by atoms with Crippen LogP contribution in [0.2, 0.25) is 0 Å². The Morgan fingerprint density at radius 3 is 2.77 bits per heavy atom. The summed E-state index contributed by atoms with van der Waals surface area (Å²) in [5.41, 5.74) is -1.11. The van der Waals surface area contributed by atoms with Crippen molar-refractivity contribution in [3.05, 3.63) is 56.3 Å². The fourth-order valence-corrected chi connectivity index (χ4v) is 2.00. The summed E-state index contributed by atoms with van der Waals surface area (Å²) in [6.07, 6.45) is 2.48. The maximum absolute atomic E-state index is 12.2. The Hall–Kier alpha value is -3.08. The average Bonchev–Trinajstić information content (AvgIpc) is 2.99. The van der Waals surface area contributed by atoms with Gasteiger partial charge in [0.25, 0.3) is 5.56 Å².